The summed E-state index contributed by atoms with van der Waals surface area (Å²) in [6.45, 7) is 0. The molecule has 0 amide bonds. The van der Waals surface area contributed by atoms with Gasteiger partial charge in [-0.15, -0.1) is 11.3 Å². The van der Waals surface area contributed by atoms with E-state index in [-0.39, 0.29) is 0 Å². The summed E-state index contributed by atoms with van der Waals surface area (Å²) >= 11 is 6.14. The second-order valence-electron chi connectivity index (χ2n) is 4.83. The molecule has 0 bridgehead atoms. The van der Waals surface area contributed by atoms with E-state index < -0.39 is 0 Å². The summed E-state index contributed by atoms with van der Waals surface area (Å²) in [5.41, 5.74) is 2.22. The topological polar surface area (TPSA) is 31.4 Å². The number of hydrogen-bond acceptors (Lipinski definition) is 5. The van der Waals surface area contributed by atoms with Gasteiger partial charge in [0.25, 0.3) is 0 Å². The third kappa shape index (κ3) is 2.52. The van der Waals surface area contributed by atoms with E-state index >= 15 is 0 Å². The molecule has 0 radical (unpaired) electrons. The predicted molar refractivity (Wildman–Crippen MR) is 85.3 cm³/mol. The zero-order valence-electron chi connectivity index (χ0n) is 11.5. The van der Waals surface area contributed by atoms with Gasteiger partial charge in [0, 0.05) is 16.5 Å². The van der Waals surface area contributed by atoms with Crippen molar-refractivity contribution < 1.29 is 9.47 Å². The number of thiol groups is 1. The molecular weight excluding hydrogens is 290 g/mol. The Morgan fingerprint density at radius 1 is 1.30 bits per heavy atom. The molecule has 0 spiro atoms. The van der Waals surface area contributed by atoms with Gasteiger partial charge in [-0.2, -0.15) is 12.6 Å². The van der Waals surface area contributed by atoms with Crippen LogP contribution in [-0.4, -0.2) is 19.2 Å². The lowest BCUT2D eigenvalue weighted by Crippen LogP contribution is -1.90. The predicted octanol–water partition coefficient (Wildman–Crippen LogP) is 4.13. The van der Waals surface area contributed by atoms with Gasteiger partial charge in [-0.25, -0.2) is 4.98 Å². The molecule has 1 aliphatic rings. The number of ether oxygens (including phenoxy) is 2. The van der Waals surface area contributed by atoms with Gasteiger partial charge in [-0.3, -0.25) is 0 Å². The van der Waals surface area contributed by atoms with E-state index in [1.54, 1.807) is 25.6 Å². The van der Waals surface area contributed by atoms with Gasteiger partial charge in [0.05, 0.1) is 25.5 Å². The Morgan fingerprint density at radius 3 is 2.70 bits per heavy atom. The molecule has 1 aromatic heterocycles. The first kappa shape index (κ1) is 13.8. The van der Waals surface area contributed by atoms with Crippen molar-refractivity contribution in [2.75, 3.05) is 14.2 Å². The maximum absolute atomic E-state index is 5.45. The first-order valence-corrected chi connectivity index (χ1v) is 8.04. The minimum atomic E-state index is 0.638. The third-order valence-electron chi connectivity index (χ3n) is 3.47. The lowest BCUT2D eigenvalue weighted by molar-refractivity contribution is 0.404. The van der Waals surface area contributed by atoms with Gasteiger partial charge in [0.2, 0.25) is 0 Å². The number of hydrogen-bond donors (Lipinski definition) is 1. The van der Waals surface area contributed by atoms with Crippen LogP contribution in [0.4, 0.5) is 0 Å². The Bertz CT molecular complexity index is 620. The van der Waals surface area contributed by atoms with Crippen molar-refractivity contribution in [3.05, 3.63) is 28.8 Å². The first-order chi connectivity index (χ1) is 9.76. The van der Waals surface area contributed by atoms with Crippen LogP contribution >= 0.6 is 24.0 Å². The number of aromatic nitrogens is 1. The summed E-state index contributed by atoms with van der Waals surface area (Å²) in [6, 6.07) is 5.81. The minimum absolute atomic E-state index is 0.638. The quantitative estimate of drug-likeness (QED) is 0.843. The largest absolute Gasteiger partial charge is 0.497 e. The van der Waals surface area contributed by atoms with E-state index in [2.05, 4.69) is 12.6 Å². The standard InChI is InChI=1S/C15H17NO2S2/c1-17-10-5-6-12(18-2)11(7-10)15-16-14(9-3-4-9)13(8-19)20-15/h5-7,9,19H,3-4,8H2,1-2H3. The average molecular weight is 307 g/mol. The smallest absolute Gasteiger partial charge is 0.129 e. The molecule has 0 N–H and O–H groups in total. The van der Waals surface area contributed by atoms with Crippen LogP contribution in [0.15, 0.2) is 18.2 Å². The molecule has 1 aliphatic carbocycles. The zero-order valence-corrected chi connectivity index (χ0v) is 13.3. The molecular formula is C15H17NO2S2. The van der Waals surface area contributed by atoms with Crippen LogP contribution in [0, 0.1) is 0 Å². The van der Waals surface area contributed by atoms with Gasteiger partial charge in [-0.1, -0.05) is 0 Å². The second kappa shape index (κ2) is 5.66. The highest BCUT2D eigenvalue weighted by Gasteiger charge is 2.29. The van der Waals surface area contributed by atoms with Crippen LogP contribution in [0.5, 0.6) is 11.5 Å². The molecule has 0 unspecified atom stereocenters. The van der Waals surface area contributed by atoms with E-state index in [0.29, 0.717) is 5.92 Å². The molecule has 1 saturated carbocycles. The number of nitrogens with zero attached hydrogens (tertiary/aromatic N) is 1. The highest BCUT2D eigenvalue weighted by atomic mass is 32.1. The number of rotatable bonds is 5. The molecule has 0 aliphatic heterocycles. The summed E-state index contributed by atoms with van der Waals surface area (Å²) in [7, 11) is 3.35. The number of thiazole rings is 1. The van der Waals surface area contributed by atoms with Crippen molar-refractivity contribution in [1.29, 1.82) is 0 Å². The van der Waals surface area contributed by atoms with Crippen molar-refractivity contribution in [3.63, 3.8) is 0 Å². The molecule has 1 aromatic carbocycles. The number of benzene rings is 1. The fraction of sp³-hybridized carbons (Fsp3) is 0.400. The molecule has 20 heavy (non-hydrogen) atoms. The maximum atomic E-state index is 5.45. The fourth-order valence-corrected chi connectivity index (χ4v) is 3.63. The summed E-state index contributed by atoms with van der Waals surface area (Å²) < 4.78 is 10.8. The Hall–Kier alpha value is -1.20. The lowest BCUT2D eigenvalue weighted by Gasteiger charge is -2.08. The Kier molecular flexibility index (Phi) is 3.89. The Labute approximate surface area is 128 Å². The van der Waals surface area contributed by atoms with Gasteiger partial charge in [-0.05, 0) is 31.0 Å². The molecule has 106 valence electrons. The summed E-state index contributed by atoms with van der Waals surface area (Å²) in [6.07, 6.45) is 2.50. The van der Waals surface area contributed by atoms with E-state index in [1.807, 2.05) is 18.2 Å². The van der Waals surface area contributed by atoms with Crippen molar-refractivity contribution in [2.24, 2.45) is 0 Å². The van der Waals surface area contributed by atoms with Gasteiger partial charge in [0.1, 0.15) is 16.5 Å². The highest BCUT2D eigenvalue weighted by molar-refractivity contribution is 7.79. The first-order valence-electron chi connectivity index (χ1n) is 6.59. The third-order valence-corrected chi connectivity index (χ3v) is 5.11. The second-order valence-corrected chi connectivity index (χ2v) is 6.23. The Morgan fingerprint density at radius 2 is 2.10 bits per heavy atom. The molecule has 0 atom stereocenters. The summed E-state index contributed by atoms with van der Waals surface area (Å²) in [5, 5.41) is 0.992. The molecule has 3 rings (SSSR count). The summed E-state index contributed by atoms with van der Waals surface area (Å²) in [4.78, 5) is 6.11. The lowest BCUT2D eigenvalue weighted by atomic mass is 10.2. The van der Waals surface area contributed by atoms with Crippen LogP contribution in [0.2, 0.25) is 0 Å². The van der Waals surface area contributed by atoms with Crippen molar-refractivity contribution in [3.8, 4) is 22.1 Å². The minimum Gasteiger partial charge on any atom is -0.497 e. The van der Waals surface area contributed by atoms with E-state index in [1.165, 1.54) is 23.4 Å². The van der Waals surface area contributed by atoms with Crippen LogP contribution in [0.3, 0.4) is 0 Å². The Balaban J connectivity index is 2.07. The molecule has 3 nitrogen and oxygen atoms in total. The van der Waals surface area contributed by atoms with Crippen LogP contribution in [0.25, 0.3) is 10.6 Å². The SMILES string of the molecule is COc1ccc(OC)c(-c2nc(C3CC3)c(CS)s2)c1. The van der Waals surface area contributed by atoms with Gasteiger partial charge in [0.15, 0.2) is 0 Å². The van der Waals surface area contributed by atoms with Crippen molar-refractivity contribution in [1.82, 2.24) is 4.98 Å². The average Bonchev–Trinajstić information content (AvgIpc) is 3.25. The molecule has 2 aromatic rings. The van der Waals surface area contributed by atoms with Crippen molar-refractivity contribution in [2.45, 2.75) is 24.5 Å². The van der Waals surface area contributed by atoms with Crippen LogP contribution < -0.4 is 9.47 Å². The maximum Gasteiger partial charge on any atom is 0.129 e. The van der Waals surface area contributed by atoms with E-state index in [9.17, 15) is 0 Å². The van der Waals surface area contributed by atoms with Gasteiger partial charge < -0.3 is 9.47 Å². The molecule has 1 fully saturated rings. The van der Waals surface area contributed by atoms with E-state index in [4.69, 9.17) is 14.5 Å². The van der Waals surface area contributed by atoms with Crippen LogP contribution in [-0.2, 0) is 5.75 Å². The molecule has 1 heterocycles. The fourth-order valence-electron chi connectivity index (χ4n) is 2.25. The zero-order chi connectivity index (χ0) is 14.1. The van der Waals surface area contributed by atoms with Crippen LogP contribution in [0.1, 0.15) is 29.3 Å². The highest BCUT2D eigenvalue weighted by Crippen LogP contribution is 2.46. The molecule has 0 saturated heterocycles. The monoisotopic (exact) mass is 307 g/mol. The van der Waals surface area contributed by atoms with Crippen molar-refractivity contribution >= 4 is 24.0 Å². The number of methoxy groups -OCH3 is 2. The van der Waals surface area contributed by atoms with E-state index in [0.717, 1.165) is 27.8 Å². The molecule has 5 heteroatoms. The normalized spacial score (nSPS) is 14.3. The summed E-state index contributed by atoms with van der Waals surface area (Å²) in [5.74, 6) is 3.03. The van der Waals surface area contributed by atoms with Gasteiger partial charge >= 0.3 is 0 Å².